The van der Waals surface area contributed by atoms with Gasteiger partial charge in [-0.25, -0.2) is 10.2 Å². The number of benzene rings is 2. The zero-order valence-corrected chi connectivity index (χ0v) is 18.0. The molecule has 0 aromatic heterocycles. The molecule has 0 unspecified atom stereocenters. The molecule has 2 aliphatic rings. The lowest BCUT2D eigenvalue weighted by atomic mass is 9.84. The zero-order chi connectivity index (χ0) is 22.4. The molecule has 7 heteroatoms. The number of nitrogens with one attached hydrogen (secondary N) is 2. The molecule has 1 aliphatic carbocycles. The van der Waals surface area contributed by atoms with Crippen molar-refractivity contribution in [2.24, 2.45) is 5.10 Å². The van der Waals surface area contributed by atoms with E-state index in [2.05, 4.69) is 15.8 Å². The van der Waals surface area contributed by atoms with Crippen molar-refractivity contribution in [3.63, 3.8) is 0 Å². The molecule has 32 heavy (non-hydrogen) atoms. The first-order valence-corrected chi connectivity index (χ1v) is 11.2. The van der Waals surface area contributed by atoms with Gasteiger partial charge < -0.3 is 5.32 Å². The normalized spacial score (nSPS) is 17.9. The van der Waals surface area contributed by atoms with E-state index < -0.39 is 17.5 Å². The number of carbonyl (C=O) groups excluding carboxylic acids is 3. The largest absolute Gasteiger partial charge is 0.325 e. The molecule has 4 rings (SSSR count). The molecular formula is C25H28N4O3. The number of amides is 4. The first kappa shape index (κ1) is 21.7. The van der Waals surface area contributed by atoms with E-state index in [1.165, 1.54) is 0 Å². The van der Waals surface area contributed by atoms with Gasteiger partial charge in [0.2, 0.25) is 0 Å². The molecule has 1 aliphatic heterocycles. The van der Waals surface area contributed by atoms with Crippen LogP contribution in [0.1, 0.15) is 56.1 Å². The van der Waals surface area contributed by atoms with E-state index in [9.17, 15) is 14.4 Å². The lowest BCUT2D eigenvalue weighted by molar-refractivity contribution is -0.135. The molecule has 2 aromatic carbocycles. The highest BCUT2D eigenvalue weighted by Gasteiger charge is 2.50. The maximum absolute atomic E-state index is 13.1. The highest BCUT2D eigenvalue weighted by Crippen LogP contribution is 2.31. The van der Waals surface area contributed by atoms with Crippen molar-refractivity contribution < 1.29 is 14.4 Å². The highest BCUT2D eigenvalue weighted by molar-refractivity contribution is 6.13. The second-order valence-electron chi connectivity index (χ2n) is 8.40. The average molecular weight is 433 g/mol. The van der Waals surface area contributed by atoms with Crippen molar-refractivity contribution in [3.8, 4) is 0 Å². The summed E-state index contributed by atoms with van der Waals surface area (Å²) in [5.41, 5.74) is 3.98. The van der Waals surface area contributed by atoms with Gasteiger partial charge in [-0.15, -0.1) is 0 Å². The van der Waals surface area contributed by atoms with Gasteiger partial charge in [0.1, 0.15) is 12.1 Å². The first-order valence-electron chi connectivity index (χ1n) is 11.2. The Bertz CT molecular complexity index is 955. The second kappa shape index (κ2) is 9.77. The van der Waals surface area contributed by atoms with Crippen molar-refractivity contribution in [2.45, 2.75) is 50.5 Å². The minimum Gasteiger partial charge on any atom is -0.323 e. The number of hydrogen-bond acceptors (Lipinski definition) is 4. The predicted octanol–water partition coefficient (Wildman–Crippen LogP) is 3.59. The summed E-state index contributed by atoms with van der Waals surface area (Å²) in [5.74, 6) is -0.810. The Kier molecular flexibility index (Phi) is 6.63. The fraction of sp³-hybridized carbons (Fsp3) is 0.360. The second-order valence-corrected chi connectivity index (χ2v) is 8.40. The maximum atomic E-state index is 13.1. The number of imide groups is 1. The Morgan fingerprint density at radius 2 is 1.41 bits per heavy atom. The summed E-state index contributed by atoms with van der Waals surface area (Å²) in [6, 6.07) is 18.6. The molecule has 1 heterocycles. The number of urea groups is 1. The summed E-state index contributed by atoms with van der Waals surface area (Å²) in [6.45, 7) is -0.354. The number of rotatable bonds is 5. The van der Waals surface area contributed by atoms with Gasteiger partial charge in [-0.1, -0.05) is 92.8 Å². The summed E-state index contributed by atoms with van der Waals surface area (Å²) < 4.78 is 0. The van der Waals surface area contributed by atoms with Crippen molar-refractivity contribution >= 4 is 23.6 Å². The SMILES string of the molecule is O=C(CN1C(=O)NC2(CCCCCCC2)C1=O)NN=C(c1ccccc1)c1ccccc1. The van der Waals surface area contributed by atoms with Crippen LogP contribution in [0.2, 0.25) is 0 Å². The zero-order valence-electron chi connectivity index (χ0n) is 18.0. The number of hydrogen-bond donors (Lipinski definition) is 2. The summed E-state index contributed by atoms with van der Waals surface area (Å²) in [5, 5.41) is 7.22. The third-order valence-corrected chi connectivity index (χ3v) is 6.14. The molecule has 0 atom stereocenters. The minimum absolute atomic E-state index is 0.296. The first-order chi connectivity index (χ1) is 15.6. The van der Waals surface area contributed by atoms with Crippen molar-refractivity contribution in [2.75, 3.05) is 6.54 Å². The Morgan fingerprint density at radius 1 is 0.875 bits per heavy atom. The molecule has 7 nitrogen and oxygen atoms in total. The van der Waals surface area contributed by atoms with Crippen LogP contribution in [0, 0.1) is 0 Å². The van der Waals surface area contributed by atoms with E-state index >= 15 is 0 Å². The molecule has 1 saturated heterocycles. The average Bonchev–Trinajstić information content (AvgIpc) is 3.03. The Morgan fingerprint density at radius 3 is 1.97 bits per heavy atom. The molecular weight excluding hydrogens is 404 g/mol. The van der Waals surface area contributed by atoms with Gasteiger partial charge in [-0.3, -0.25) is 14.5 Å². The van der Waals surface area contributed by atoms with E-state index in [0.717, 1.165) is 48.1 Å². The van der Waals surface area contributed by atoms with Crippen LogP contribution in [0.3, 0.4) is 0 Å². The molecule has 2 fully saturated rings. The molecule has 2 N–H and O–H groups in total. The summed E-state index contributed by atoms with van der Waals surface area (Å²) in [7, 11) is 0. The van der Waals surface area contributed by atoms with Gasteiger partial charge in [-0.05, 0) is 12.8 Å². The van der Waals surface area contributed by atoms with E-state index in [4.69, 9.17) is 0 Å². The van der Waals surface area contributed by atoms with Gasteiger partial charge >= 0.3 is 6.03 Å². The van der Waals surface area contributed by atoms with Gasteiger partial charge in [0.15, 0.2) is 0 Å². The third-order valence-electron chi connectivity index (χ3n) is 6.14. The summed E-state index contributed by atoms with van der Waals surface area (Å²) in [4.78, 5) is 39.3. The lowest BCUT2D eigenvalue weighted by Crippen LogP contribution is -2.48. The highest BCUT2D eigenvalue weighted by atomic mass is 16.2. The molecule has 2 aromatic rings. The van der Waals surface area contributed by atoms with Crippen LogP contribution in [0.25, 0.3) is 0 Å². The Hall–Kier alpha value is -3.48. The molecule has 0 bridgehead atoms. The Labute approximate surface area is 187 Å². The van der Waals surface area contributed by atoms with E-state index in [1.807, 2.05) is 60.7 Å². The smallest absolute Gasteiger partial charge is 0.323 e. The van der Waals surface area contributed by atoms with E-state index in [0.29, 0.717) is 18.6 Å². The van der Waals surface area contributed by atoms with Crippen LogP contribution in [0.15, 0.2) is 65.8 Å². The maximum Gasteiger partial charge on any atom is 0.325 e. The fourth-order valence-corrected chi connectivity index (χ4v) is 4.45. The summed E-state index contributed by atoms with van der Waals surface area (Å²) >= 11 is 0. The lowest BCUT2D eigenvalue weighted by Gasteiger charge is -2.28. The van der Waals surface area contributed by atoms with Crippen LogP contribution >= 0.6 is 0 Å². The van der Waals surface area contributed by atoms with Gasteiger partial charge in [-0.2, -0.15) is 5.10 Å². The van der Waals surface area contributed by atoms with Crippen molar-refractivity contribution in [3.05, 3.63) is 71.8 Å². The van der Waals surface area contributed by atoms with Crippen molar-refractivity contribution in [1.82, 2.24) is 15.6 Å². The fourth-order valence-electron chi connectivity index (χ4n) is 4.45. The number of nitrogens with zero attached hydrogens (tertiary/aromatic N) is 2. The number of carbonyl (C=O) groups is 3. The van der Waals surface area contributed by atoms with Gasteiger partial charge in [0, 0.05) is 11.1 Å². The van der Waals surface area contributed by atoms with Crippen LogP contribution in [-0.2, 0) is 9.59 Å². The van der Waals surface area contributed by atoms with E-state index in [-0.39, 0.29) is 12.5 Å². The van der Waals surface area contributed by atoms with E-state index in [1.54, 1.807) is 0 Å². The standard InChI is InChI=1S/C25H28N4O3/c30-21(18-29-23(31)25(26-24(29)32)16-10-2-1-3-11-17-25)27-28-22(19-12-6-4-7-13-19)20-14-8-5-9-15-20/h4-9,12-15H,1-3,10-11,16-18H2,(H,26,32)(H,27,30). The van der Waals surface area contributed by atoms with Gasteiger partial charge in [0.05, 0.1) is 5.71 Å². The van der Waals surface area contributed by atoms with Gasteiger partial charge in [0.25, 0.3) is 11.8 Å². The monoisotopic (exact) mass is 432 g/mol. The van der Waals surface area contributed by atoms with Crippen molar-refractivity contribution in [1.29, 1.82) is 0 Å². The van der Waals surface area contributed by atoms with Crippen LogP contribution in [-0.4, -0.2) is 40.5 Å². The number of hydrazone groups is 1. The predicted molar refractivity (Wildman–Crippen MR) is 122 cm³/mol. The quantitative estimate of drug-likeness (QED) is 0.430. The molecule has 0 radical (unpaired) electrons. The minimum atomic E-state index is -0.861. The molecule has 1 spiro atoms. The Balaban J connectivity index is 1.48. The summed E-state index contributed by atoms with van der Waals surface area (Å²) in [6.07, 6.45) is 6.32. The third kappa shape index (κ3) is 4.72. The molecule has 1 saturated carbocycles. The van der Waals surface area contributed by atoms with Crippen LogP contribution in [0.4, 0.5) is 4.79 Å². The topological polar surface area (TPSA) is 90.9 Å². The molecule has 4 amide bonds. The van der Waals surface area contributed by atoms with Crippen LogP contribution in [0.5, 0.6) is 0 Å². The molecule has 166 valence electrons. The van der Waals surface area contributed by atoms with Crippen LogP contribution < -0.4 is 10.7 Å².